The highest BCUT2D eigenvalue weighted by Gasteiger charge is 2.17. The van der Waals surface area contributed by atoms with Crippen LogP contribution in [0, 0.1) is 12.7 Å². The molecule has 37 heavy (non-hydrogen) atoms. The number of benzene rings is 2. The highest BCUT2D eigenvalue weighted by atomic mass is 19.1. The van der Waals surface area contributed by atoms with Crippen molar-refractivity contribution in [3.8, 4) is 11.5 Å². The average molecular weight is 499 g/mol. The van der Waals surface area contributed by atoms with Crippen LogP contribution in [0.4, 0.5) is 21.7 Å². The lowest BCUT2D eigenvalue weighted by Crippen LogP contribution is -2.24. The quantitative estimate of drug-likeness (QED) is 0.331. The molecule has 0 spiro atoms. The number of nitrogens with one attached hydrogen (secondary N) is 1. The number of halogens is 1. The van der Waals surface area contributed by atoms with Crippen molar-refractivity contribution >= 4 is 39.4 Å². The fourth-order valence-corrected chi connectivity index (χ4v) is 4.71. The molecule has 0 bridgehead atoms. The second-order valence-corrected chi connectivity index (χ2v) is 9.30. The van der Waals surface area contributed by atoms with Crippen molar-refractivity contribution in [3.63, 3.8) is 0 Å². The molecule has 1 saturated heterocycles. The van der Waals surface area contributed by atoms with Crippen LogP contribution < -0.4 is 15.0 Å². The van der Waals surface area contributed by atoms with Crippen LogP contribution in [0.2, 0.25) is 0 Å². The Morgan fingerprint density at radius 2 is 1.78 bits per heavy atom. The number of nitrogens with zero attached hydrogens (tertiary/aromatic N) is 7. The van der Waals surface area contributed by atoms with Crippen molar-refractivity contribution in [2.45, 2.75) is 32.6 Å². The highest BCUT2D eigenvalue weighted by molar-refractivity contribution is 5.88. The van der Waals surface area contributed by atoms with Crippen LogP contribution in [0.5, 0.6) is 11.5 Å². The molecule has 4 heterocycles. The number of anilines is 3. The number of aryl methyl sites for hydroxylation is 1. The summed E-state index contributed by atoms with van der Waals surface area (Å²) in [6, 6.07) is 12.8. The number of fused-ring (bicyclic) bond motifs is 2. The van der Waals surface area contributed by atoms with Crippen LogP contribution >= 0.6 is 0 Å². The first-order valence-corrected chi connectivity index (χ1v) is 12.5. The molecular weight excluding hydrogens is 471 g/mol. The molecule has 10 heteroatoms. The lowest BCUT2D eigenvalue weighted by Gasteiger charge is -2.22. The van der Waals surface area contributed by atoms with E-state index in [2.05, 4.69) is 30.5 Å². The van der Waals surface area contributed by atoms with Gasteiger partial charge in [0.2, 0.25) is 0 Å². The Bertz CT molecular complexity index is 1590. The molecule has 1 fully saturated rings. The highest BCUT2D eigenvalue weighted by Crippen LogP contribution is 2.33. The van der Waals surface area contributed by atoms with Crippen LogP contribution in [0.3, 0.4) is 0 Å². The Labute approximate surface area is 213 Å². The summed E-state index contributed by atoms with van der Waals surface area (Å²) in [6.07, 6.45) is 6.26. The van der Waals surface area contributed by atoms with Gasteiger partial charge in [0.1, 0.15) is 34.7 Å². The van der Waals surface area contributed by atoms with Gasteiger partial charge in [0.05, 0.1) is 16.7 Å². The Kier molecular flexibility index (Phi) is 5.99. The molecule has 0 aliphatic carbocycles. The Hall–Kier alpha value is -4.34. The maximum Gasteiger partial charge on any atom is 0.160 e. The minimum atomic E-state index is -0.423. The molecular formula is C27H27FN8O. The number of rotatable bonds is 5. The lowest BCUT2D eigenvalue weighted by atomic mass is 10.1. The third kappa shape index (κ3) is 4.50. The van der Waals surface area contributed by atoms with Crippen LogP contribution in [0.15, 0.2) is 48.8 Å². The summed E-state index contributed by atoms with van der Waals surface area (Å²) in [7, 11) is 1.83. The van der Waals surface area contributed by atoms with E-state index < -0.39 is 5.82 Å². The molecule has 1 aliphatic rings. The summed E-state index contributed by atoms with van der Waals surface area (Å²) in [6.45, 7) is 3.65. The molecule has 0 atom stereocenters. The van der Waals surface area contributed by atoms with Gasteiger partial charge in [0.25, 0.3) is 0 Å². The van der Waals surface area contributed by atoms with Crippen molar-refractivity contribution in [3.05, 3.63) is 60.2 Å². The molecule has 188 valence electrons. The van der Waals surface area contributed by atoms with E-state index in [0.717, 1.165) is 37.3 Å². The van der Waals surface area contributed by atoms with Crippen LogP contribution in [0.25, 0.3) is 22.1 Å². The first-order valence-electron chi connectivity index (χ1n) is 12.5. The van der Waals surface area contributed by atoms with E-state index in [0.29, 0.717) is 39.4 Å². The normalized spacial score (nSPS) is 14.2. The topological polar surface area (TPSA) is 93.9 Å². The third-order valence-electron chi connectivity index (χ3n) is 6.80. The van der Waals surface area contributed by atoms with Crippen molar-refractivity contribution < 1.29 is 9.13 Å². The Morgan fingerprint density at radius 3 is 2.62 bits per heavy atom. The largest absolute Gasteiger partial charge is 0.457 e. The predicted octanol–water partition coefficient (Wildman–Crippen LogP) is 5.67. The van der Waals surface area contributed by atoms with Crippen molar-refractivity contribution in [1.82, 2.24) is 29.9 Å². The molecule has 0 radical (unpaired) electrons. The minimum Gasteiger partial charge on any atom is -0.457 e. The molecule has 3 aromatic heterocycles. The molecule has 0 unspecified atom stereocenters. The van der Waals surface area contributed by atoms with Gasteiger partial charge < -0.3 is 15.0 Å². The van der Waals surface area contributed by atoms with Gasteiger partial charge in [-0.2, -0.15) is 0 Å². The lowest BCUT2D eigenvalue weighted by molar-refractivity contribution is 0.472. The molecule has 6 rings (SSSR count). The van der Waals surface area contributed by atoms with Gasteiger partial charge >= 0.3 is 0 Å². The zero-order valence-electron chi connectivity index (χ0n) is 20.8. The SMILES string of the molecule is Cc1c(Oc2ccc3c(c2)nnn3C)ccc(Nc2ncnc3ccc(N4CCCCCC4)nc23)c1F. The van der Waals surface area contributed by atoms with Gasteiger partial charge in [-0.25, -0.2) is 24.0 Å². The van der Waals surface area contributed by atoms with Crippen molar-refractivity contribution in [2.75, 3.05) is 23.3 Å². The second-order valence-electron chi connectivity index (χ2n) is 9.30. The summed E-state index contributed by atoms with van der Waals surface area (Å²) in [4.78, 5) is 15.9. The number of hydrogen-bond acceptors (Lipinski definition) is 8. The van der Waals surface area contributed by atoms with Gasteiger partial charge in [-0.3, -0.25) is 0 Å². The van der Waals surface area contributed by atoms with Gasteiger partial charge in [-0.1, -0.05) is 18.1 Å². The van der Waals surface area contributed by atoms with E-state index in [4.69, 9.17) is 9.72 Å². The van der Waals surface area contributed by atoms with E-state index in [1.54, 1.807) is 29.8 Å². The second kappa shape index (κ2) is 9.61. The van der Waals surface area contributed by atoms with Gasteiger partial charge in [0, 0.05) is 31.8 Å². The third-order valence-corrected chi connectivity index (χ3v) is 6.80. The zero-order valence-corrected chi connectivity index (χ0v) is 20.8. The first-order chi connectivity index (χ1) is 18.1. The first kappa shape index (κ1) is 23.1. The molecule has 1 N–H and O–H groups in total. The summed E-state index contributed by atoms with van der Waals surface area (Å²) in [5.74, 6) is 1.91. The monoisotopic (exact) mass is 498 g/mol. The zero-order chi connectivity index (χ0) is 25.4. The molecule has 0 saturated carbocycles. The summed E-state index contributed by atoms with van der Waals surface area (Å²) in [5.41, 5.74) is 3.57. The predicted molar refractivity (Wildman–Crippen MR) is 141 cm³/mol. The van der Waals surface area contributed by atoms with Gasteiger partial charge in [0.15, 0.2) is 11.6 Å². The summed E-state index contributed by atoms with van der Waals surface area (Å²) in [5, 5.41) is 11.3. The van der Waals surface area contributed by atoms with Crippen LogP contribution in [-0.2, 0) is 7.05 Å². The molecule has 5 aromatic rings. The van der Waals surface area contributed by atoms with E-state index in [-0.39, 0.29) is 5.69 Å². The van der Waals surface area contributed by atoms with Crippen LogP contribution in [-0.4, -0.2) is 43.0 Å². The van der Waals surface area contributed by atoms with E-state index >= 15 is 4.39 Å². The number of pyridine rings is 1. The number of aromatic nitrogens is 6. The van der Waals surface area contributed by atoms with E-state index in [9.17, 15) is 0 Å². The average Bonchev–Trinajstić information content (AvgIpc) is 3.10. The number of ether oxygens (including phenoxy) is 1. The Balaban J connectivity index is 1.28. The minimum absolute atomic E-state index is 0.288. The van der Waals surface area contributed by atoms with Crippen molar-refractivity contribution in [1.29, 1.82) is 0 Å². The molecule has 2 aromatic carbocycles. The maximum atomic E-state index is 15.5. The number of hydrogen-bond donors (Lipinski definition) is 1. The molecule has 0 amide bonds. The van der Waals surface area contributed by atoms with Gasteiger partial charge in [-0.05, 0) is 56.2 Å². The summed E-state index contributed by atoms with van der Waals surface area (Å²) >= 11 is 0. The van der Waals surface area contributed by atoms with Crippen molar-refractivity contribution in [2.24, 2.45) is 7.05 Å². The molecule has 1 aliphatic heterocycles. The standard InChI is InChI=1S/C27H27FN8O/c1-17-23(37-18-7-10-22-21(15-18)33-34-35(22)2)11-8-19(25(17)28)31-27-26-20(29-16-30-27)9-12-24(32-26)36-13-5-3-4-6-14-36/h7-12,15-16H,3-6,13-14H2,1-2H3,(H,29,30,31). The van der Waals surface area contributed by atoms with E-state index in [1.165, 1.54) is 19.2 Å². The van der Waals surface area contributed by atoms with Gasteiger partial charge in [-0.15, -0.1) is 5.10 Å². The fraction of sp³-hybridized carbons (Fsp3) is 0.296. The van der Waals surface area contributed by atoms with E-state index in [1.807, 2.05) is 31.3 Å². The molecule has 9 nitrogen and oxygen atoms in total. The fourth-order valence-electron chi connectivity index (χ4n) is 4.71. The van der Waals surface area contributed by atoms with Crippen LogP contribution in [0.1, 0.15) is 31.2 Å². The maximum absolute atomic E-state index is 15.5. The summed E-state index contributed by atoms with van der Waals surface area (Å²) < 4.78 is 23.2. The Morgan fingerprint density at radius 1 is 0.946 bits per heavy atom. The smallest absolute Gasteiger partial charge is 0.160 e.